The molecule has 3 aromatic rings. The first-order valence-electron chi connectivity index (χ1n) is 6.81. The molecule has 1 aliphatic heterocycles. The monoisotopic (exact) mass is 316 g/mol. The Kier molecular flexibility index (Phi) is 3.04. The lowest BCUT2D eigenvalue weighted by molar-refractivity contribution is 0.0558. The largest absolute Gasteiger partial charge is 0.361 e. The number of hydrogen-bond acceptors (Lipinski definition) is 7. The quantitative estimate of drug-likeness (QED) is 0.737. The minimum atomic E-state index is -0.133. The van der Waals surface area contributed by atoms with Crippen LogP contribution in [-0.2, 0) is 0 Å². The minimum Gasteiger partial charge on any atom is -0.361 e. The Labute approximate surface area is 129 Å². The predicted octanol–water partition coefficient (Wildman–Crippen LogP) is 2.33. The maximum atomic E-state index is 12.1. The van der Waals surface area contributed by atoms with Gasteiger partial charge in [0.25, 0.3) is 5.91 Å². The molecule has 0 atom stereocenters. The van der Waals surface area contributed by atoms with Crippen molar-refractivity contribution in [1.29, 1.82) is 0 Å². The maximum Gasteiger partial charge on any atom is 0.276 e. The van der Waals surface area contributed by atoms with Crippen LogP contribution in [0.25, 0.3) is 10.7 Å². The van der Waals surface area contributed by atoms with Crippen molar-refractivity contribution in [3.63, 3.8) is 0 Å². The molecule has 3 aromatic heterocycles. The van der Waals surface area contributed by atoms with Gasteiger partial charge in [-0.2, -0.15) is 4.98 Å². The lowest BCUT2D eigenvalue weighted by atomic mass is 9.99. The highest BCUT2D eigenvalue weighted by molar-refractivity contribution is 7.13. The first kappa shape index (κ1) is 13.2. The van der Waals surface area contributed by atoms with Crippen LogP contribution in [-0.4, -0.2) is 39.2 Å². The van der Waals surface area contributed by atoms with E-state index >= 15 is 0 Å². The summed E-state index contributed by atoms with van der Waals surface area (Å²) in [7, 11) is 0. The van der Waals surface area contributed by atoms with E-state index in [-0.39, 0.29) is 11.8 Å². The van der Waals surface area contributed by atoms with Crippen LogP contribution in [0.4, 0.5) is 0 Å². The van der Waals surface area contributed by atoms with Crippen LogP contribution < -0.4 is 0 Å². The average molecular weight is 316 g/mol. The van der Waals surface area contributed by atoms with Gasteiger partial charge in [0.2, 0.25) is 11.7 Å². The van der Waals surface area contributed by atoms with Gasteiger partial charge in [-0.1, -0.05) is 16.4 Å². The number of nitrogens with zero attached hydrogens (tertiary/aromatic N) is 4. The number of aryl methyl sites for hydroxylation is 1. The summed E-state index contributed by atoms with van der Waals surface area (Å²) in [5.41, 5.74) is 0.334. The van der Waals surface area contributed by atoms with Gasteiger partial charge in [0.05, 0.1) is 10.8 Å². The number of thiophene rings is 1. The third-order valence-electron chi connectivity index (χ3n) is 3.55. The Morgan fingerprint density at radius 3 is 2.91 bits per heavy atom. The molecule has 0 unspecified atom stereocenters. The Morgan fingerprint density at radius 2 is 2.23 bits per heavy atom. The second-order valence-electron chi connectivity index (χ2n) is 5.16. The zero-order valence-electron chi connectivity index (χ0n) is 11.7. The molecule has 4 heterocycles. The molecule has 0 spiro atoms. The van der Waals surface area contributed by atoms with Crippen molar-refractivity contribution in [2.24, 2.45) is 0 Å². The number of carbonyl (C=O) groups excluding carboxylic acids is 1. The lowest BCUT2D eigenvalue weighted by Crippen LogP contribution is -2.48. The normalized spacial score (nSPS) is 15.0. The van der Waals surface area contributed by atoms with Crippen LogP contribution in [0.1, 0.15) is 28.1 Å². The van der Waals surface area contributed by atoms with Crippen LogP contribution in [0.15, 0.2) is 32.6 Å². The van der Waals surface area contributed by atoms with Crippen molar-refractivity contribution in [2.75, 3.05) is 13.1 Å². The van der Waals surface area contributed by atoms with Crippen molar-refractivity contribution >= 4 is 17.2 Å². The fourth-order valence-electron chi connectivity index (χ4n) is 2.34. The summed E-state index contributed by atoms with van der Waals surface area (Å²) in [6.45, 7) is 2.86. The van der Waals surface area contributed by atoms with Crippen molar-refractivity contribution in [3.8, 4) is 10.7 Å². The number of carbonyl (C=O) groups is 1. The standard InChI is InChI=1S/C14H12N4O3S/c1-8-5-10(16-20-8)14(19)18-6-9(7-18)13-15-12(17-21-13)11-3-2-4-22-11/h2-5,9H,6-7H2,1H3. The summed E-state index contributed by atoms with van der Waals surface area (Å²) in [5.74, 6) is 1.74. The number of aromatic nitrogens is 3. The molecule has 0 aromatic carbocycles. The van der Waals surface area contributed by atoms with Gasteiger partial charge in [0.1, 0.15) is 5.76 Å². The van der Waals surface area contributed by atoms with Gasteiger partial charge < -0.3 is 13.9 Å². The smallest absolute Gasteiger partial charge is 0.276 e. The molecule has 1 fully saturated rings. The molecule has 0 radical (unpaired) electrons. The van der Waals surface area contributed by atoms with E-state index in [4.69, 9.17) is 9.05 Å². The van der Waals surface area contributed by atoms with Crippen molar-refractivity contribution in [2.45, 2.75) is 12.8 Å². The van der Waals surface area contributed by atoms with Crippen LogP contribution in [0, 0.1) is 6.92 Å². The van der Waals surface area contributed by atoms with Crippen LogP contribution >= 0.6 is 11.3 Å². The summed E-state index contributed by atoms with van der Waals surface area (Å²) in [5, 5.41) is 9.69. The van der Waals surface area contributed by atoms with Gasteiger partial charge in [-0.15, -0.1) is 11.3 Å². The second-order valence-corrected chi connectivity index (χ2v) is 6.11. The van der Waals surface area contributed by atoms with E-state index in [1.165, 1.54) is 0 Å². The molecular weight excluding hydrogens is 304 g/mol. The summed E-state index contributed by atoms with van der Waals surface area (Å²) in [6.07, 6.45) is 0. The summed E-state index contributed by atoms with van der Waals surface area (Å²) in [4.78, 5) is 19.2. The molecule has 1 amide bonds. The van der Waals surface area contributed by atoms with Gasteiger partial charge >= 0.3 is 0 Å². The molecular formula is C14H12N4O3S. The molecule has 0 saturated carbocycles. The highest BCUT2D eigenvalue weighted by Gasteiger charge is 2.37. The number of amides is 1. The third-order valence-corrected chi connectivity index (χ3v) is 4.41. The van der Waals surface area contributed by atoms with Gasteiger partial charge in [0.15, 0.2) is 5.69 Å². The van der Waals surface area contributed by atoms with E-state index in [0.717, 1.165) is 4.88 Å². The average Bonchev–Trinajstić information content (AvgIpc) is 3.17. The molecule has 22 heavy (non-hydrogen) atoms. The first-order chi connectivity index (χ1) is 10.7. The fourth-order valence-corrected chi connectivity index (χ4v) is 2.99. The SMILES string of the molecule is Cc1cc(C(=O)N2CC(c3nc(-c4cccs4)no3)C2)no1. The predicted molar refractivity (Wildman–Crippen MR) is 77.5 cm³/mol. The first-order valence-corrected chi connectivity index (χ1v) is 7.69. The van der Waals surface area contributed by atoms with Crippen LogP contribution in [0.2, 0.25) is 0 Å². The summed E-state index contributed by atoms with van der Waals surface area (Å²) < 4.78 is 10.2. The van der Waals surface area contributed by atoms with Gasteiger partial charge in [-0.3, -0.25) is 4.79 Å². The molecule has 7 nitrogen and oxygen atoms in total. The molecule has 1 aliphatic rings. The molecule has 0 bridgehead atoms. The lowest BCUT2D eigenvalue weighted by Gasteiger charge is -2.36. The van der Waals surface area contributed by atoms with E-state index in [1.54, 1.807) is 29.2 Å². The molecule has 112 valence electrons. The zero-order chi connectivity index (χ0) is 15.1. The molecule has 4 rings (SSSR count). The van der Waals surface area contributed by atoms with Gasteiger partial charge in [-0.25, -0.2) is 0 Å². The summed E-state index contributed by atoms with van der Waals surface area (Å²) >= 11 is 1.56. The Hall–Kier alpha value is -2.48. The Bertz CT molecular complexity index is 802. The van der Waals surface area contributed by atoms with Crippen LogP contribution in [0.3, 0.4) is 0 Å². The van der Waals surface area contributed by atoms with E-state index in [2.05, 4.69) is 15.3 Å². The number of likely N-dealkylation sites (tertiary alicyclic amines) is 1. The highest BCUT2D eigenvalue weighted by atomic mass is 32.1. The second kappa shape index (κ2) is 5.06. The van der Waals surface area contributed by atoms with Gasteiger partial charge in [-0.05, 0) is 18.4 Å². The Balaban J connectivity index is 1.42. The molecule has 1 saturated heterocycles. The van der Waals surface area contributed by atoms with E-state index in [1.807, 2.05) is 17.5 Å². The molecule has 0 aliphatic carbocycles. The third kappa shape index (κ3) is 2.21. The number of rotatable bonds is 3. The van der Waals surface area contributed by atoms with Crippen LogP contribution in [0.5, 0.6) is 0 Å². The molecule has 8 heteroatoms. The van der Waals surface area contributed by atoms with E-state index in [0.29, 0.717) is 36.3 Å². The Morgan fingerprint density at radius 1 is 1.36 bits per heavy atom. The topological polar surface area (TPSA) is 85.3 Å². The van der Waals surface area contributed by atoms with Crippen molar-refractivity contribution in [3.05, 3.63) is 40.9 Å². The maximum absolute atomic E-state index is 12.1. The molecule has 0 N–H and O–H groups in total. The number of hydrogen-bond donors (Lipinski definition) is 0. The van der Waals surface area contributed by atoms with Crippen molar-refractivity contribution in [1.82, 2.24) is 20.2 Å². The van der Waals surface area contributed by atoms with E-state index in [9.17, 15) is 4.79 Å². The zero-order valence-corrected chi connectivity index (χ0v) is 12.5. The van der Waals surface area contributed by atoms with Crippen molar-refractivity contribution < 1.29 is 13.8 Å². The highest BCUT2D eigenvalue weighted by Crippen LogP contribution is 2.29. The fraction of sp³-hybridized carbons (Fsp3) is 0.286. The van der Waals surface area contributed by atoms with Gasteiger partial charge in [0, 0.05) is 19.2 Å². The minimum absolute atomic E-state index is 0.0816. The van der Waals surface area contributed by atoms with E-state index < -0.39 is 0 Å². The summed E-state index contributed by atoms with van der Waals surface area (Å²) in [6, 6.07) is 5.53.